The molecule has 0 spiro atoms. The van der Waals surface area contributed by atoms with Crippen LogP contribution < -0.4 is 5.32 Å². The molecule has 1 aliphatic rings. The standard InChI is InChI=1S/C18H23FN4O2/c1-13-10-17(21-23(13)16-5-3-4-14(19)11-16)20-15-6-8-22(9-7-15)12-18(24)25-2/h3-5,10-11,15H,6-9,12H2,1-2H3,(H,20,21). The summed E-state index contributed by atoms with van der Waals surface area (Å²) >= 11 is 0. The van der Waals surface area contributed by atoms with Gasteiger partial charge in [0.15, 0.2) is 0 Å². The molecule has 7 heteroatoms. The number of carbonyl (C=O) groups excluding carboxylic acids is 1. The van der Waals surface area contributed by atoms with Crippen molar-refractivity contribution in [3.05, 3.63) is 41.8 Å². The summed E-state index contributed by atoms with van der Waals surface area (Å²) in [6.07, 6.45) is 1.87. The topological polar surface area (TPSA) is 59.4 Å². The Bertz CT molecular complexity index is 738. The van der Waals surface area contributed by atoms with Crippen LogP contribution in [0.2, 0.25) is 0 Å². The SMILES string of the molecule is COC(=O)CN1CCC(Nc2cc(C)n(-c3cccc(F)c3)n2)CC1. The number of aromatic nitrogens is 2. The molecule has 25 heavy (non-hydrogen) atoms. The second kappa shape index (κ2) is 7.65. The smallest absolute Gasteiger partial charge is 0.319 e. The number of hydrogen-bond donors (Lipinski definition) is 1. The van der Waals surface area contributed by atoms with E-state index >= 15 is 0 Å². The number of nitrogens with one attached hydrogen (secondary N) is 1. The molecule has 6 nitrogen and oxygen atoms in total. The molecule has 3 rings (SSSR count). The van der Waals surface area contributed by atoms with E-state index in [4.69, 9.17) is 4.74 Å². The Morgan fingerprint density at radius 3 is 2.80 bits per heavy atom. The number of esters is 1. The molecular weight excluding hydrogens is 323 g/mol. The molecule has 0 unspecified atom stereocenters. The fraction of sp³-hybridized carbons (Fsp3) is 0.444. The molecular formula is C18H23FN4O2. The largest absolute Gasteiger partial charge is 0.468 e. The minimum atomic E-state index is -0.278. The number of nitrogens with zero attached hydrogens (tertiary/aromatic N) is 3. The van der Waals surface area contributed by atoms with Gasteiger partial charge in [-0.25, -0.2) is 9.07 Å². The summed E-state index contributed by atoms with van der Waals surface area (Å²) in [5.74, 6) is 0.309. The van der Waals surface area contributed by atoms with Crippen molar-refractivity contribution in [3.8, 4) is 5.69 Å². The maximum Gasteiger partial charge on any atom is 0.319 e. The predicted octanol–water partition coefficient (Wildman–Crippen LogP) is 2.37. The van der Waals surface area contributed by atoms with Gasteiger partial charge in [0.05, 0.1) is 19.3 Å². The van der Waals surface area contributed by atoms with E-state index in [2.05, 4.69) is 15.3 Å². The van der Waals surface area contributed by atoms with Crippen LogP contribution >= 0.6 is 0 Å². The molecule has 0 saturated carbocycles. The highest BCUT2D eigenvalue weighted by Gasteiger charge is 2.21. The summed E-state index contributed by atoms with van der Waals surface area (Å²) < 4.78 is 19.9. The number of methoxy groups -OCH3 is 1. The van der Waals surface area contributed by atoms with E-state index in [1.54, 1.807) is 10.7 Å². The van der Waals surface area contributed by atoms with Gasteiger partial charge in [-0.1, -0.05) is 6.07 Å². The van der Waals surface area contributed by atoms with Gasteiger partial charge in [-0.15, -0.1) is 0 Å². The number of aryl methyl sites for hydroxylation is 1. The molecule has 1 saturated heterocycles. The molecule has 0 amide bonds. The summed E-state index contributed by atoms with van der Waals surface area (Å²) in [6.45, 7) is 3.98. The molecule has 134 valence electrons. The maximum atomic E-state index is 13.4. The van der Waals surface area contributed by atoms with Crippen LogP contribution in [0.15, 0.2) is 30.3 Å². The maximum absolute atomic E-state index is 13.4. The minimum absolute atomic E-state index is 0.198. The number of likely N-dealkylation sites (tertiary alicyclic amines) is 1. The summed E-state index contributed by atoms with van der Waals surface area (Å²) in [7, 11) is 1.41. The fourth-order valence-electron chi connectivity index (χ4n) is 3.11. The second-order valence-electron chi connectivity index (χ2n) is 6.33. The van der Waals surface area contributed by atoms with Crippen molar-refractivity contribution in [2.24, 2.45) is 0 Å². The van der Waals surface area contributed by atoms with Crippen molar-refractivity contribution in [3.63, 3.8) is 0 Å². The van der Waals surface area contributed by atoms with Crippen molar-refractivity contribution in [1.29, 1.82) is 0 Å². The Hall–Kier alpha value is -2.41. The third-order valence-corrected chi connectivity index (χ3v) is 4.46. The molecule has 2 aromatic rings. The van der Waals surface area contributed by atoms with Gasteiger partial charge in [0.1, 0.15) is 11.6 Å². The zero-order valence-electron chi connectivity index (χ0n) is 14.5. The van der Waals surface area contributed by atoms with E-state index in [1.807, 2.05) is 19.1 Å². The third-order valence-electron chi connectivity index (χ3n) is 4.46. The Morgan fingerprint density at radius 1 is 1.36 bits per heavy atom. The lowest BCUT2D eigenvalue weighted by Gasteiger charge is -2.31. The van der Waals surface area contributed by atoms with Crippen molar-refractivity contribution in [1.82, 2.24) is 14.7 Å². The van der Waals surface area contributed by atoms with Gasteiger partial charge in [0, 0.05) is 30.9 Å². The Balaban J connectivity index is 1.60. The van der Waals surface area contributed by atoms with Crippen molar-refractivity contribution in [2.45, 2.75) is 25.8 Å². The quantitative estimate of drug-likeness (QED) is 0.843. The third kappa shape index (κ3) is 4.36. The molecule has 0 atom stereocenters. The van der Waals surface area contributed by atoms with Crippen molar-refractivity contribution >= 4 is 11.8 Å². The van der Waals surface area contributed by atoms with Crippen LogP contribution in [-0.2, 0) is 9.53 Å². The molecule has 2 heterocycles. The van der Waals surface area contributed by atoms with Gasteiger partial charge in [-0.05, 0) is 38.0 Å². The number of anilines is 1. The van der Waals surface area contributed by atoms with Gasteiger partial charge >= 0.3 is 5.97 Å². The Kier molecular flexibility index (Phi) is 5.33. The minimum Gasteiger partial charge on any atom is -0.468 e. The lowest BCUT2D eigenvalue weighted by atomic mass is 10.1. The average molecular weight is 346 g/mol. The second-order valence-corrected chi connectivity index (χ2v) is 6.33. The first-order valence-corrected chi connectivity index (χ1v) is 8.43. The first-order chi connectivity index (χ1) is 12.0. The van der Waals surface area contributed by atoms with Gasteiger partial charge in [-0.2, -0.15) is 5.10 Å². The zero-order chi connectivity index (χ0) is 17.8. The van der Waals surface area contributed by atoms with Crippen LogP contribution in [0.25, 0.3) is 5.69 Å². The van der Waals surface area contributed by atoms with Crippen molar-refractivity contribution in [2.75, 3.05) is 32.1 Å². The molecule has 1 aromatic heterocycles. The number of halogens is 1. The van der Waals surface area contributed by atoms with E-state index in [0.29, 0.717) is 18.3 Å². The lowest BCUT2D eigenvalue weighted by molar-refractivity contribution is -0.142. The van der Waals surface area contributed by atoms with E-state index in [9.17, 15) is 9.18 Å². The molecule has 1 fully saturated rings. The first-order valence-electron chi connectivity index (χ1n) is 8.43. The number of benzene rings is 1. The lowest BCUT2D eigenvalue weighted by Crippen LogP contribution is -2.41. The van der Waals surface area contributed by atoms with Crippen LogP contribution in [0.1, 0.15) is 18.5 Å². The van der Waals surface area contributed by atoms with Crippen LogP contribution in [-0.4, -0.2) is 53.4 Å². The highest BCUT2D eigenvalue weighted by molar-refractivity contribution is 5.71. The normalized spacial score (nSPS) is 16.0. The first kappa shape index (κ1) is 17.4. The Labute approximate surface area is 146 Å². The molecule has 0 bridgehead atoms. The molecule has 0 radical (unpaired) electrons. The molecule has 0 aliphatic carbocycles. The van der Waals surface area contributed by atoms with E-state index < -0.39 is 0 Å². The number of rotatable bonds is 5. The summed E-state index contributed by atoms with van der Waals surface area (Å²) in [5, 5.41) is 7.99. The number of hydrogen-bond acceptors (Lipinski definition) is 5. The van der Waals surface area contributed by atoms with E-state index in [0.717, 1.165) is 37.4 Å². The van der Waals surface area contributed by atoms with Crippen LogP contribution in [0.3, 0.4) is 0 Å². The predicted molar refractivity (Wildman–Crippen MR) is 93.4 cm³/mol. The van der Waals surface area contributed by atoms with Crippen molar-refractivity contribution < 1.29 is 13.9 Å². The zero-order valence-corrected chi connectivity index (χ0v) is 14.5. The number of ether oxygens (including phenoxy) is 1. The molecule has 1 aliphatic heterocycles. The highest BCUT2D eigenvalue weighted by atomic mass is 19.1. The Morgan fingerprint density at radius 2 is 2.12 bits per heavy atom. The van der Waals surface area contributed by atoms with E-state index in [1.165, 1.54) is 19.2 Å². The molecule has 1 aromatic carbocycles. The average Bonchev–Trinajstić information content (AvgIpc) is 2.97. The summed E-state index contributed by atoms with van der Waals surface area (Å²) in [5.41, 5.74) is 1.65. The number of carbonyl (C=O) groups is 1. The fourth-order valence-corrected chi connectivity index (χ4v) is 3.11. The summed E-state index contributed by atoms with van der Waals surface area (Å²) in [4.78, 5) is 13.4. The van der Waals surface area contributed by atoms with Crippen LogP contribution in [0.5, 0.6) is 0 Å². The van der Waals surface area contributed by atoms with Gasteiger partial charge < -0.3 is 10.1 Å². The van der Waals surface area contributed by atoms with Crippen LogP contribution in [0, 0.1) is 12.7 Å². The summed E-state index contributed by atoms with van der Waals surface area (Å²) in [6, 6.07) is 8.67. The molecule has 1 N–H and O–H groups in total. The van der Waals surface area contributed by atoms with Gasteiger partial charge in [0.2, 0.25) is 0 Å². The van der Waals surface area contributed by atoms with Gasteiger partial charge in [-0.3, -0.25) is 9.69 Å². The highest BCUT2D eigenvalue weighted by Crippen LogP contribution is 2.19. The monoisotopic (exact) mass is 346 g/mol. The van der Waals surface area contributed by atoms with Gasteiger partial charge in [0.25, 0.3) is 0 Å². The number of piperidine rings is 1. The van der Waals surface area contributed by atoms with Crippen LogP contribution in [0.4, 0.5) is 10.2 Å². The van der Waals surface area contributed by atoms with E-state index in [-0.39, 0.29) is 11.8 Å².